The Morgan fingerprint density at radius 2 is 1.90 bits per heavy atom. The summed E-state index contributed by atoms with van der Waals surface area (Å²) < 4.78 is 2.24. The molecule has 0 radical (unpaired) electrons. The van der Waals surface area contributed by atoms with Crippen LogP contribution in [0.25, 0.3) is 0 Å². The number of nitrogens with one attached hydrogen (secondary N) is 1. The first-order valence-electron chi connectivity index (χ1n) is 11.7. The number of rotatable bonds is 7. The summed E-state index contributed by atoms with van der Waals surface area (Å²) in [6.45, 7) is 6.26. The fraction of sp³-hybridized carbons (Fsp3) is 0.625. The van der Waals surface area contributed by atoms with Gasteiger partial charge in [-0.05, 0) is 37.7 Å². The van der Waals surface area contributed by atoms with E-state index in [0.717, 1.165) is 50.0 Å². The topological polar surface area (TPSA) is 63.1 Å². The van der Waals surface area contributed by atoms with Crippen molar-refractivity contribution in [1.29, 1.82) is 0 Å². The van der Waals surface area contributed by atoms with E-state index < -0.39 is 0 Å². The standard InChI is InChI=1S/C24H35N5O/c1-19(25-23(30)13-12-20-8-4-2-5-9-20)24-27-26-22-14-15-28(16-17-29(22)24)18-21-10-6-3-7-11-21/h2,4-5,8-9,19,21H,3,6-7,10-18H2,1H3,(H,25,30)/t19-/m0/s1. The lowest BCUT2D eigenvalue weighted by atomic mass is 9.89. The normalized spacial score (nSPS) is 19.1. The van der Waals surface area contributed by atoms with Crippen LogP contribution in [-0.4, -0.2) is 45.2 Å². The van der Waals surface area contributed by atoms with Crippen molar-refractivity contribution in [3.8, 4) is 0 Å². The Bertz CT molecular complexity index is 812. The maximum atomic E-state index is 12.5. The van der Waals surface area contributed by atoms with E-state index in [1.165, 1.54) is 44.2 Å². The van der Waals surface area contributed by atoms with Crippen LogP contribution in [-0.2, 0) is 24.2 Å². The van der Waals surface area contributed by atoms with Gasteiger partial charge in [-0.1, -0.05) is 49.6 Å². The predicted molar refractivity (Wildman–Crippen MR) is 118 cm³/mol. The monoisotopic (exact) mass is 409 g/mol. The molecular formula is C24H35N5O. The number of carbonyl (C=O) groups excluding carboxylic acids is 1. The van der Waals surface area contributed by atoms with Crippen molar-refractivity contribution in [2.45, 2.75) is 70.9 Å². The van der Waals surface area contributed by atoms with Gasteiger partial charge in [0.2, 0.25) is 5.91 Å². The van der Waals surface area contributed by atoms with Gasteiger partial charge < -0.3 is 14.8 Å². The van der Waals surface area contributed by atoms with Gasteiger partial charge in [0.15, 0.2) is 5.82 Å². The Balaban J connectivity index is 1.30. The molecule has 0 spiro atoms. The van der Waals surface area contributed by atoms with Crippen LogP contribution >= 0.6 is 0 Å². The van der Waals surface area contributed by atoms with Crippen molar-refractivity contribution in [2.24, 2.45) is 5.92 Å². The summed E-state index contributed by atoms with van der Waals surface area (Å²) in [4.78, 5) is 15.1. The number of nitrogens with zero attached hydrogens (tertiary/aromatic N) is 4. The van der Waals surface area contributed by atoms with E-state index in [0.29, 0.717) is 6.42 Å². The molecule has 1 aliphatic carbocycles. The van der Waals surface area contributed by atoms with Crippen LogP contribution in [0.4, 0.5) is 0 Å². The first-order chi connectivity index (χ1) is 14.7. The molecule has 1 atom stereocenters. The third kappa shape index (κ3) is 5.48. The number of aryl methyl sites for hydroxylation is 1. The summed E-state index contributed by atoms with van der Waals surface area (Å²) in [6.07, 6.45) is 9.17. The Morgan fingerprint density at radius 1 is 1.10 bits per heavy atom. The molecule has 4 rings (SSSR count). The maximum Gasteiger partial charge on any atom is 0.220 e. The number of fused-ring (bicyclic) bond motifs is 1. The van der Waals surface area contributed by atoms with Gasteiger partial charge >= 0.3 is 0 Å². The van der Waals surface area contributed by atoms with Crippen LogP contribution < -0.4 is 5.32 Å². The molecule has 1 amide bonds. The summed E-state index contributed by atoms with van der Waals surface area (Å²) in [5.41, 5.74) is 1.19. The zero-order valence-corrected chi connectivity index (χ0v) is 18.2. The molecule has 1 fully saturated rings. The second kappa shape index (κ2) is 10.2. The van der Waals surface area contributed by atoms with Gasteiger partial charge in [0.1, 0.15) is 5.82 Å². The minimum atomic E-state index is -0.126. The fourth-order valence-electron chi connectivity index (χ4n) is 4.91. The Labute approximate surface area is 180 Å². The van der Waals surface area contributed by atoms with E-state index in [9.17, 15) is 4.79 Å². The second-order valence-corrected chi connectivity index (χ2v) is 8.96. The highest BCUT2D eigenvalue weighted by atomic mass is 16.1. The number of amides is 1. The SMILES string of the molecule is C[C@H](NC(=O)CCc1ccccc1)c1nnc2n1CCN(CC1CCCCC1)CC2. The molecule has 2 aliphatic rings. The van der Waals surface area contributed by atoms with Crippen molar-refractivity contribution >= 4 is 5.91 Å². The summed E-state index contributed by atoms with van der Waals surface area (Å²) in [5.74, 6) is 2.87. The molecule has 0 bridgehead atoms. The van der Waals surface area contributed by atoms with E-state index in [2.05, 4.69) is 37.1 Å². The van der Waals surface area contributed by atoms with E-state index >= 15 is 0 Å². The summed E-state index contributed by atoms with van der Waals surface area (Å²) in [6, 6.07) is 10.0. The molecule has 30 heavy (non-hydrogen) atoms. The van der Waals surface area contributed by atoms with Gasteiger partial charge in [0.05, 0.1) is 6.04 Å². The van der Waals surface area contributed by atoms with Crippen molar-refractivity contribution in [2.75, 3.05) is 19.6 Å². The minimum Gasteiger partial charge on any atom is -0.346 e. The van der Waals surface area contributed by atoms with Crippen molar-refractivity contribution in [3.63, 3.8) is 0 Å². The zero-order valence-electron chi connectivity index (χ0n) is 18.2. The van der Waals surface area contributed by atoms with Gasteiger partial charge in [0, 0.05) is 39.0 Å². The minimum absolute atomic E-state index is 0.0660. The van der Waals surface area contributed by atoms with Gasteiger partial charge in [-0.15, -0.1) is 10.2 Å². The van der Waals surface area contributed by atoms with Gasteiger partial charge in [0.25, 0.3) is 0 Å². The van der Waals surface area contributed by atoms with E-state index in [1.807, 2.05) is 25.1 Å². The molecule has 0 unspecified atom stereocenters. The highest BCUT2D eigenvalue weighted by molar-refractivity contribution is 5.76. The molecule has 1 aromatic carbocycles. The Hall–Kier alpha value is -2.21. The summed E-state index contributed by atoms with van der Waals surface area (Å²) >= 11 is 0. The molecule has 6 heteroatoms. The fourth-order valence-corrected chi connectivity index (χ4v) is 4.91. The molecule has 1 saturated carbocycles. The average Bonchev–Trinajstić information content (AvgIpc) is 3.08. The molecule has 1 aromatic heterocycles. The number of carbonyl (C=O) groups is 1. The maximum absolute atomic E-state index is 12.5. The van der Waals surface area contributed by atoms with E-state index in [1.54, 1.807) is 0 Å². The zero-order chi connectivity index (χ0) is 20.8. The highest BCUT2D eigenvalue weighted by Gasteiger charge is 2.24. The Morgan fingerprint density at radius 3 is 2.70 bits per heavy atom. The lowest BCUT2D eigenvalue weighted by Crippen LogP contribution is -2.33. The number of hydrogen-bond donors (Lipinski definition) is 1. The Kier molecular flexibility index (Phi) is 7.16. The first-order valence-corrected chi connectivity index (χ1v) is 11.7. The quantitative estimate of drug-likeness (QED) is 0.760. The summed E-state index contributed by atoms with van der Waals surface area (Å²) in [7, 11) is 0. The van der Waals surface area contributed by atoms with Gasteiger partial charge in [-0.2, -0.15) is 0 Å². The van der Waals surface area contributed by atoms with Crippen LogP contribution in [0.1, 0.15) is 68.7 Å². The van der Waals surface area contributed by atoms with Crippen LogP contribution in [0.2, 0.25) is 0 Å². The molecule has 2 aromatic rings. The number of benzene rings is 1. The first kappa shape index (κ1) is 21.0. The van der Waals surface area contributed by atoms with Crippen LogP contribution in [0.15, 0.2) is 30.3 Å². The molecule has 1 aliphatic heterocycles. The van der Waals surface area contributed by atoms with Gasteiger partial charge in [-0.3, -0.25) is 4.79 Å². The number of aromatic nitrogens is 3. The molecule has 162 valence electrons. The largest absolute Gasteiger partial charge is 0.346 e. The predicted octanol–water partition coefficient (Wildman–Crippen LogP) is 3.53. The lowest BCUT2D eigenvalue weighted by molar-refractivity contribution is -0.121. The smallest absolute Gasteiger partial charge is 0.220 e. The number of hydrogen-bond acceptors (Lipinski definition) is 4. The van der Waals surface area contributed by atoms with E-state index in [-0.39, 0.29) is 11.9 Å². The van der Waals surface area contributed by atoms with E-state index in [4.69, 9.17) is 0 Å². The van der Waals surface area contributed by atoms with Crippen LogP contribution in [0, 0.1) is 5.92 Å². The summed E-state index contributed by atoms with van der Waals surface area (Å²) in [5, 5.41) is 12.0. The average molecular weight is 410 g/mol. The molecule has 0 saturated heterocycles. The molecular weight excluding hydrogens is 374 g/mol. The van der Waals surface area contributed by atoms with Crippen molar-refractivity contribution < 1.29 is 4.79 Å². The highest BCUT2D eigenvalue weighted by Crippen LogP contribution is 2.25. The third-order valence-electron chi connectivity index (χ3n) is 6.64. The third-order valence-corrected chi connectivity index (χ3v) is 6.64. The molecule has 6 nitrogen and oxygen atoms in total. The van der Waals surface area contributed by atoms with Crippen LogP contribution in [0.3, 0.4) is 0 Å². The second-order valence-electron chi connectivity index (χ2n) is 8.96. The van der Waals surface area contributed by atoms with Crippen molar-refractivity contribution in [1.82, 2.24) is 25.0 Å². The molecule has 2 heterocycles. The van der Waals surface area contributed by atoms with Crippen molar-refractivity contribution in [3.05, 3.63) is 47.5 Å². The lowest BCUT2D eigenvalue weighted by Gasteiger charge is -2.28. The van der Waals surface area contributed by atoms with Gasteiger partial charge in [-0.25, -0.2) is 0 Å². The van der Waals surface area contributed by atoms with Crippen LogP contribution in [0.5, 0.6) is 0 Å². The molecule has 1 N–H and O–H groups in total.